The van der Waals surface area contributed by atoms with Crippen molar-refractivity contribution >= 4 is 11.9 Å². The van der Waals surface area contributed by atoms with Crippen LogP contribution in [0.3, 0.4) is 0 Å². The molecule has 0 amide bonds. The first-order valence-electron chi connectivity index (χ1n) is 25.2. The molecule has 0 aliphatic heterocycles. The Bertz CT molecular complexity index is 966. The van der Waals surface area contributed by atoms with Gasteiger partial charge in [0.05, 0.1) is 6.61 Å². The SMILES string of the molecule is CC/C=C\C/C=C\C/C=C\C/C=C\CCC(=O)OCC(COCCCCCCCCCCCCCCCCCC)OC(=O)CCCCCCCCCCCCCCC. The average Bonchev–Trinajstić information content (AvgIpc) is 3.22. The summed E-state index contributed by atoms with van der Waals surface area (Å²) in [6.45, 7) is 7.67. The predicted molar refractivity (Wildman–Crippen MR) is 251 cm³/mol. The zero-order valence-corrected chi connectivity index (χ0v) is 38.8. The van der Waals surface area contributed by atoms with Gasteiger partial charge in [0.2, 0.25) is 0 Å². The summed E-state index contributed by atoms with van der Waals surface area (Å²) in [5, 5.41) is 0. The lowest BCUT2D eigenvalue weighted by molar-refractivity contribution is -0.162. The van der Waals surface area contributed by atoms with Gasteiger partial charge in [-0.05, 0) is 44.9 Å². The van der Waals surface area contributed by atoms with Crippen molar-refractivity contribution in [2.75, 3.05) is 19.8 Å². The fraction of sp³-hybridized carbons (Fsp3) is 0.811. The van der Waals surface area contributed by atoms with Gasteiger partial charge in [-0.2, -0.15) is 0 Å². The molecule has 0 heterocycles. The second-order valence-corrected chi connectivity index (χ2v) is 16.7. The highest BCUT2D eigenvalue weighted by molar-refractivity contribution is 5.70. The Kier molecular flexibility index (Phi) is 47.4. The Balaban J connectivity index is 4.30. The van der Waals surface area contributed by atoms with Crippen LogP contribution in [0.15, 0.2) is 48.6 Å². The smallest absolute Gasteiger partial charge is 0.306 e. The van der Waals surface area contributed by atoms with E-state index < -0.39 is 6.10 Å². The van der Waals surface area contributed by atoms with E-state index in [0.29, 0.717) is 25.9 Å². The molecule has 0 bridgehead atoms. The number of rotatable bonds is 46. The predicted octanol–water partition coefficient (Wildman–Crippen LogP) is 16.8. The first-order chi connectivity index (χ1) is 28.6. The molecule has 0 radical (unpaired) electrons. The van der Waals surface area contributed by atoms with Crippen LogP contribution in [0.5, 0.6) is 0 Å². The second kappa shape index (κ2) is 49.2. The number of hydrogen-bond donors (Lipinski definition) is 0. The number of carbonyl (C=O) groups is 2. The van der Waals surface area contributed by atoms with Crippen molar-refractivity contribution in [1.29, 1.82) is 0 Å². The van der Waals surface area contributed by atoms with Crippen LogP contribution in [-0.2, 0) is 23.8 Å². The molecule has 0 aromatic rings. The molecule has 0 rings (SSSR count). The quantitative estimate of drug-likeness (QED) is 0.0348. The van der Waals surface area contributed by atoms with E-state index in [9.17, 15) is 9.59 Å². The molecule has 1 atom stereocenters. The third kappa shape index (κ3) is 46.5. The minimum absolute atomic E-state index is 0.0519. The summed E-state index contributed by atoms with van der Waals surface area (Å²) in [7, 11) is 0. The molecule has 0 saturated carbocycles. The van der Waals surface area contributed by atoms with E-state index in [0.717, 1.165) is 51.4 Å². The molecule has 0 fully saturated rings. The molecular weight excluding hydrogens is 717 g/mol. The Morgan fingerprint density at radius 3 is 1.21 bits per heavy atom. The van der Waals surface area contributed by atoms with Crippen LogP contribution in [0.2, 0.25) is 0 Å². The number of allylic oxidation sites excluding steroid dienone is 8. The van der Waals surface area contributed by atoms with Gasteiger partial charge in [0.15, 0.2) is 6.10 Å². The van der Waals surface area contributed by atoms with Crippen molar-refractivity contribution in [1.82, 2.24) is 0 Å². The van der Waals surface area contributed by atoms with Crippen LogP contribution in [0.1, 0.15) is 252 Å². The van der Waals surface area contributed by atoms with Crippen molar-refractivity contribution in [2.45, 2.75) is 258 Å². The van der Waals surface area contributed by atoms with E-state index in [-0.39, 0.29) is 25.2 Å². The molecule has 58 heavy (non-hydrogen) atoms. The maximum Gasteiger partial charge on any atom is 0.306 e. The molecule has 338 valence electrons. The molecule has 0 aromatic carbocycles. The highest BCUT2D eigenvalue weighted by Gasteiger charge is 2.17. The Labute approximate surface area is 361 Å². The number of esters is 2. The fourth-order valence-electron chi connectivity index (χ4n) is 7.17. The summed E-state index contributed by atoms with van der Waals surface area (Å²) >= 11 is 0. The molecule has 1 unspecified atom stereocenters. The monoisotopic (exact) mass is 813 g/mol. The highest BCUT2D eigenvalue weighted by atomic mass is 16.6. The fourth-order valence-corrected chi connectivity index (χ4v) is 7.17. The van der Waals surface area contributed by atoms with Crippen molar-refractivity contribution < 1.29 is 23.8 Å². The lowest BCUT2D eigenvalue weighted by Gasteiger charge is -2.18. The zero-order chi connectivity index (χ0) is 42.1. The second-order valence-electron chi connectivity index (χ2n) is 16.7. The van der Waals surface area contributed by atoms with Gasteiger partial charge >= 0.3 is 11.9 Å². The maximum absolute atomic E-state index is 12.8. The molecule has 0 aromatic heterocycles. The van der Waals surface area contributed by atoms with E-state index in [1.807, 2.05) is 6.08 Å². The molecule has 5 heteroatoms. The number of unbranched alkanes of at least 4 members (excludes halogenated alkanes) is 27. The average molecular weight is 813 g/mol. The number of ether oxygens (including phenoxy) is 3. The molecule has 0 aliphatic rings. The molecule has 0 N–H and O–H groups in total. The van der Waals surface area contributed by atoms with E-state index in [4.69, 9.17) is 14.2 Å². The molecule has 5 nitrogen and oxygen atoms in total. The Hall–Kier alpha value is -2.14. The largest absolute Gasteiger partial charge is 0.462 e. The van der Waals surface area contributed by atoms with E-state index in [2.05, 4.69) is 63.3 Å². The number of hydrogen-bond acceptors (Lipinski definition) is 5. The highest BCUT2D eigenvalue weighted by Crippen LogP contribution is 2.15. The maximum atomic E-state index is 12.8. The standard InChI is InChI=1S/C53H96O5/c1-4-7-10-13-16-19-22-25-26-27-30-33-36-39-42-45-48-56-49-51(58-53(55)47-44-41-38-35-32-29-24-21-18-15-12-9-6-3)50-57-52(54)46-43-40-37-34-31-28-23-20-17-14-11-8-5-2/h8,11,17,20,28,31,37,40,51H,4-7,9-10,12-16,18-19,21-27,29-30,32-36,38-39,41-50H2,1-3H3/b11-8-,20-17-,31-28-,40-37-. The summed E-state index contributed by atoms with van der Waals surface area (Å²) in [5.74, 6) is -0.479. The first-order valence-corrected chi connectivity index (χ1v) is 25.2. The lowest BCUT2D eigenvalue weighted by Crippen LogP contribution is -2.30. The van der Waals surface area contributed by atoms with Gasteiger partial charge in [0.25, 0.3) is 0 Å². The van der Waals surface area contributed by atoms with Crippen LogP contribution in [0, 0.1) is 0 Å². The third-order valence-corrected chi connectivity index (χ3v) is 10.9. The van der Waals surface area contributed by atoms with Crippen molar-refractivity contribution in [3.8, 4) is 0 Å². The third-order valence-electron chi connectivity index (χ3n) is 10.9. The normalized spacial score (nSPS) is 12.5. The van der Waals surface area contributed by atoms with Crippen LogP contribution < -0.4 is 0 Å². The van der Waals surface area contributed by atoms with Crippen LogP contribution >= 0.6 is 0 Å². The zero-order valence-electron chi connectivity index (χ0n) is 38.8. The summed E-state index contributed by atoms with van der Waals surface area (Å²) in [4.78, 5) is 25.3. The van der Waals surface area contributed by atoms with Gasteiger partial charge in [0.1, 0.15) is 6.61 Å². The lowest BCUT2D eigenvalue weighted by atomic mass is 10.0. The molecular formula is C53H96O5. The molecule has 0 aliphatic carbocycles. The van der Waals surface area contributed by atoms with Crippen LogP contribution in [0.25, 0.3) is 0 Å². The molecule has 0 saturated heterocycles. The van der Waals surface area contributed by atoms with Crippen molar-refractivity contribution in [3.05, 3.63) is 48.6 Å². The minimum atomic E-state index is -0.558. The van der Waals surface area contributed by atoms with Gasteiger partial charge in [-0.15, -0.1) is 0 Å². The van der Waals surface area contributed by atoms with Crippen molar-refractivity contribution in [2.24, 2.45) is 0 Å². The molecule has 0 spiro atoms. The topological polar surface area (TPSA) is 61.8 Å². The Morgan fingerprint density at radius 2 is 0.776 bits per heavy atom. The van der Waals surface area contributed by atoms with Crippen LogP contribution in [0.4, 0.5) is 0 Å². The number of carbonyl (C=O) groups excluding carboxylic acids is 2. The van der Waals surface area contributed by atoms with Crippen LogP contribution in [-0.4, -0.2) is 37.9 Å². The van der Waals surface area contributed by atoms with Gasteiger partial charge in [-0.25, -0.2) is 0 Å². The van der Waals surface area contributed by atoms with Crippen molar-refractivity contribution in [3.63, 3.8) is 0 Å². The Morgan fingerprint density at radius 1 is 0.397 bits per heavy atom. The van der Waals surface area contributed by atoms with Gasteiger partial charge < -0.3 is 14.2 Å². The summed E-state index contributed by atoms with van der Waals surface area (Å²) in [5.41, 5.74) is 0. The van der Waals surface area contributed by atoms with Gasteiger partial charge in [0, 0.05) is 19.4 Å². The summed E-state index contributed by atoms with van der Waals surface area (Å²) in [6.07, 6.45) is 59.9. The summed E-state index contributed by atoms with van der Waals surface area (Å²) in [6, 6.07) is 0. The van der Waals surface area contributed by atoms with Gasteiger partial charge in [-0.1, -0.05) is 243 Å². The van der Waals surface area contributed by atoms with Gasteiger partial charge in [-0.3, -0.25) is 9.59 Å². The van der Waals surface area contributed by atoms with E-state index in [1.54, 1.807) is 0 Å². The van der Waals surface area contributed by atoms with E-state index >= 15 is 0 Å². The first kappa shape index (κ1) is 55.9. The summed E-state index contributed by atoms with van der Waals surface area (Å²) < 4.78 is 17.3. The van der Waals surface area contributed by atoms with E-state index in [1.165, 1.54) is 161 Å². The minimum Gasteiger partial charge on any atom is -0.462 e.